The van der Waals surface area contributed by atoms with Crippen LogP contribution < -0.4 is 5.73 Å². The van der Waals surface area contributed by atoms with Gasteiger partial charge in [0.1, 0.15) is 0 Å². The van der Waals surface area contributed by atoms with Crippen LogP contribution in [0.5, 0.6) is 0 Å². The number of likely N-dealkylation sites (tertiary alicyclic amines) is 1. The predicted molar refractivity (Wildman–Crippen MR) is 81.1 cm³/mol. The zero-order valence-electron chi connectivity index (χ0n) is 12.7. The lowest BCUT2D eigenvalue weighted by Gasteiger charge is -2.50. The molecule has 1 saturated heterocycles. The van der Waals surface area contributed by atoms with Gasteiger partial charge in [0, 0.05) is 18.1 Å². The van der Waals surface area contributed by atoms with Crippen molar-refractivity contribution in [2.45, 2.75) is 82.7 Å². The summed E-state index contributed by atoms with van der Waals surface area (Å²) in [6.07, 6.45) is 14.3. The molecule has 0 amide bonds. The van der Waals surface area contributed by atoms with E-state index in [9.17, 15) is 0 Å². The van der Waals surface area contributed by atoms with Crippen LogP contribution in [0, 0.1) is 11.8 Å². The molecule has 19 heavy (non-hydrogen) atoms. The molecular formula is C17H32N2. The second-order valence-electron chi connectivity index (χ2n) is 7.39. The lowest BCUT2D eigenvalue weighted by molar-refractivity contribution is 0.00874. The lowest BCUT2D eigenvalue weighted by Crippen LogP contribution is -2.58. The highest BCUT2D eigenvalue weighted by molar-refractivity contribution is 5.03. The minimum atomic E-state index is 0.371. The Bertz CT molecular complexity index is 304. The van der Waals surface area contributed by atoms with Gasteiger partial charge < -0.3 is 5.73 Å². The van der Waals surface area contributed by atoms with Gasteiger partial charge in [0.15, 0.2) is 0 Å². The number of hydrogen-bond acceptors (Lipinski definition) is 2. The molecule has 2 N–H and O–H groups in total. The highest BCUT2D eigenvalue weighted by Crippen LogP contribution is 2.45. The third-order valence-electron chi connectivity index (χ3n) is 6.50. The molecule has 0 spiro atoms. The summed E-state index contributed by atoms with van der Waals surface area (Å²) >= 11 is 0. The lowest BCUT2D eigenvalue weighted by atomic mass is 9.72. The van der Waals surface area contributed by atoms with Gasteiger partial charge in [-0.05, 0) is 50.5 Å². The summed E-state index contributed by atoms with van der Waals surface area (Å²) in [4.78, 5) is 2.90. The van der Waals surface area contributed by atoms with Gasteiger partial charge in [0.05, 0.1) is 0 Å². The molecule has 2 nitrogen and oxygen atoms in total. The Hall–Kier alpha value is -0.0800. The first-order valence-electron chi connectivity index (χ1n) is 8.76. The number of nitrogens with two attached hydrogens (primary N) is 1. The molecular weight excluding hydrogens is 232 g/mol. The van der Waals surface area contributed by atoms with E-state index in [2.05, 4.69) is 11.8 Å². The van der Waals surface area contributed by atoms with Crippen LogP contribution in [-0.2, 0) is 0 Å². The average Bonchev–Trinajstić information content (AvgIpc) is 2.91. The molecule has 2 heteroatoms. The van der Waals surface area contributed by atoms with Crippen LogP contribution in [0.4, 0.5) is 0 Å². The van der Waals surface area contributed by atoms with Crippen LogP contribution >= 0.6 is 0 Å². The maximum Gasteiger partial charge on any atom is 0.0337 e. The Morgan fingerprint density at radius 3 is 2.74 bits per heavy atom. The predicted octanol–water partition coefficient (Wildman–Crippen LogP) is 3.55. The first kappa shape index (κ1) is 13.9. The van der Waals surface area contributed by atoms with E-state index < -0.39 is 0 Å². The van der Waals surface area contributed by atoms with E-state index in [1.54, 1.807) is 0 Å². The van der Waals surface area contributed by atoms with Crippen LogP contribution in [0.1, 0.15) is 71.1 Å². The maximum absolute atomic E-state index is 6.32. The maximum atomic E-state index is 6.32. The Balaban J connectivity index is 1.77. The van der Waals surface area contributed by atoms with Crippen molar-refractivity contribution < 1.29 is 0 Å². The normalized spacial score (nSPS) is 44.2. The zero-order chi connectivity index (χ0) is 13.3. The molecule has 3 aliphatic rings. The van der Waals surface area contributed by atoms with Crippen molar-refractivity contribution in [3.63, 3.8) is 0 Å². The van der Waals surface area contributed by atoms with E-state index in [-0.39, 0.29) is 0 Å². The first-order valence-corrected chi connectivity index (χ1v) is 8.76. The summed E-state index contributed by atoms with van der Waals surface area (Å²) in [6.45, 7) is 4.60. The summed E-state index contributed by atoms with van der Waals surface area (Å²) < 4.78 is 0. The van der Waals surface area contributed by atoms with Gasteiger partial charge in [-0.2, -0.15) is 0 Å². The minimum absolute atomic E-state index is 0.371. The summed E-state index contributed by atoms with van der Waals surface area (Å²) in [5, 5.41) is 0. The molecule has 0 radical (unpaired) electrons. The Morgan fingerprint density at radius 1 is 1.11 bits per heavy atom. The van der Waals surface area contributed by atoms with Gasteiger partial charge in [0.2, 0.25) is 0 Å². The van der Waals surface area contributed by atoms with Gasteiger partial charge in [-0.1, -0.05) is 39.0 Å². The fourth-order valence-electron chi connectivity index (χ4n) is 5.37. The Morgan fingerprint density at radius 2 is 1.95 bits per heavy atom. The number of hydrogen-bond donors (Lipinski definition) is 1. The van der Waals surface area contributed by atoms with Crippen LogP contribution in [-0.4, -0.2) is 29.6 Å². The molecule has 3 fully saturated rings. The fraction of sp³-hybridized carbons (Fsp3) is 1.00. The first-order chi connectivity index (χ1) is 9.29. The van der Waals surface area contributed by atoms with Gasteiger partial charge >= 0.3 is 0 Å². The summed E-state index contributed by atoms with van der Waals surface area (Å²) in [7, 11) is 0. The van der Waals surface area contributed by atoms with Crippen molar-refractivity contribution in [2.24, 2.45) is 17.6 Å². The molecule has 2 saturated carbocycles. The van der Waals surface area contributed by atoms with Crippen LogP contribution in [0.2, 0.25) is 0 Å². The Kier molecular flexibility index (Phi) is 4.19. The van der Waals surface area contributed by atoms with Gasteiger partial charge in [-0.3, -0.25) is 4.90 Å². The highest BCUT2D eigenvalue weighted by atomic mass is 15.3. The monoisotopic (exact) mass is 264 g/mol. The van der Waals surface area contributed by atoms with E-state index in [0.717, 1.165) is 24.4 Å². The third-order valence-corrected chi connectivity index (χ3v) is 6.50. The SMILES string of the molecule is CCC1CCCC(CN)(N2CCC3CCCCC32)C1. The van der Waals surface area contributed by atoms with Crippen molar-refractivity contribution in [1.82, 2.24) is 4.90 Å². The van der Waals surface area contributed by atoms with Gasteiger partial charge in [0.25, 0.3) is 0 Å². The van der Waals surface area contributed by atoms with Crippen molar-refractivity contribution in [3.8, 4) is 0 Å². The molecule has 3 rings (SSSR count). The minimum Gasteiger partial charge on any atom is -0.329 e. The largest absolute Gasteiger partial charge is 0.329 e. The van der Waals surface area contributed by atoms with Gasteiger partial charge in [-0.25, -0.2) is 0 Å². The molecule has 1 aliphatic heterocycles. The van der Waals surface area contributed by atoms with Crippen molar-refractivity contribution in [2.75, 3.05) is 13.1 Å². The highest BCUT2D eigenvalue weighted by Gasteiger charge is 2.47. The quantitative estimate of drug-likeness (QED) is 0.844. The number of rotatable bonds is 3. The molecule has 110 valence electrons. The standard InChI is InChI=1S/C17H32N2/c1-2-14-6-5-10-17(12-14,13-18)19-11-9-15-7-3-4-8-16(15)19/h14-16H,2-13,18H2,1H3. The average molecular weight is 264 g/mol. The molecule has 4 atom stereocenters. The fourth-order valence-corrected chi connectivity index (χ4v) is 5.37. The summed E-state index contributed by atoms with van der Waals surface area (Å²) in [5.41, 5.74) is 6.69. The zero-order valence-corrected chi connectivity index (χ0v) is 12.7. The smallest absolute Gasteiger partial charge is 0.0337 e. The third kappa shape index (κ3) is 2.47. The number of fused-ring (bicyclic) bond motifs is 1. The van der Waals surface area contributed by atoms with Crippen molar-refractivity contribution in [1.29, 1.82) is 0 Å². The molecule has 1 heterocycles. The molecule has 0 aromatic carbocycles. The molecule has 2 aliphatic carbocycles. The second kappa shape index (κ2) is 5.73. The molecule has 0 aromatic rings. The van der Waals surface area contributed by atoms with Crippen molar-refractivity contribution in [3.05, 3.63) is 0 Å². The summed E-state index contributed by atoms with van der Waals surface area (Å²) in [6, 6.07) is 0.882. The molecule has 0 bridgehead atoms. The second-order valence-corrected chi connectivity index (χ2v) is 7.39. The van der Waals surface area contributed by atoms with E-state index in [1.165, 1.54) is 70.8 Å². The summed E-state index contributed by atoms with van der Waals surface area (Å²) in [5.74, 6) is 1.93. The number of nitrogens with zero attached hydrogens (tertiary/aromatic N) is 1. The molecule has 0 aromatic heterocycles. The van der Waals surface area contributed by atoms with E-state index in [4.69, 9.17) is 5.73 Å². The Labute approximate surface area is 119 Å². The van der Waals surface area contributed by atoms with E-state index >= 15 is 0 Å². The molecule has 4 unspecified atom stereocenters. The van der Waals surface area contributed by atoms with Crippen LogP contribution in [0.15, 0.2) is 0 Å². The van der Waals surface area contributed by atoms with Crippen LogP contribution in [0.25, 0.3) is 0 Å². The van der Waals surface area contributed by atoms with Gasteiger partial charge in [-0.15, -0.1) is 0 Å². The van der Waals surface area contributed by atoms with Crippen molar-refractivity contribution >= 4 is 0 Å². The topological polar surface area (TPSA) is 29.3 Å². The van der Waals surface area contributed by atoms with E-state index in [1.807, 2.05) is 0 Å². The van der Waals surface area contributed by atoms with E-state index in [0.29, 0.717) is 5.54 Å². The van der Waals surface area contributed by atoms with Crippen LogP contribution in [0.3, 0.4) is 0 Å².